The highest BCUT2D eigenvalue weighted by atomic mass is 35.5. The molecule has 0 atom stereocenters. The van der Waals surface area contributed by atoms with Crippen LogP contribution in [0.2, 0.25) is 5.02 Å². The van der Waals surface area contributed by atoms with Crippen LogP contribution in [0.25, 0.3) is 5.69 Å². The first kappa shape index (κ1) is 20.7. The topological polar surface area (TPSA) is 67.7 Å². The quantitative estimate of drug-likeness (QED) is 0.612. The number of carbonyl (C=O) groups excluding carboxylic acids is 2. The molecule has 1 aromatic carbocycles. The van der Waals surface area contributed by atoms with Crippen molar-refractivity contribution in [3.05, 3.63) is 40.9 Å². The van der Waals surface area contributed by atoms with Crippen LogP contribution in [0.1, 0.15) is 63.6 Å². The molecule has 3 heterocycles. The predicted octanol–water partition coefficient (Wildman–Crippen LogP) is 4.75. The number of carbonyl (C=O) groups is 2. The van der Waals surface area contributed by atoms with E-state index in [9.17, 15) is 9.59 Å². The number of fused-ring (bicyclic) bond motifs is 3. The van der Waals surface area contributed by atoms with Crippen LogP contribution in [0.15, 0.2) is 24.5 Å². The van der Waals surface area contributed by atoms with Crippen molar-refractivity contribution in [2.45, 2.75) is 58.6 Å². The summed E-state index contributed by atoms with van der Waals surface area (Å²) in [6.07, 6.45) is 3.59. The van der Waals surface area contributed by atoms with Crippen molar-refractivity contribution in [3.8, 4) is 5.69 Å². The first-order chi connectivity index (χ1) is 14.0. The molecule has 0 spiro atoms. The zero-order chi connectivity index (χ0) is 21.8. The highest BCUT2D eigenvalue weighted by Gasteiger charge is 2.46. The summed E-state index contributed by atoms with van der Waals surface area (Å²) in [5.41, 5.74) is 0.797. The van der Waals surface area contributed by atoms with E-state index in [-0.39, 0.29) is 11.7 Å². The summed E-state index contributed by atoms with van der Waals surface area (Å²) < 4.78 is 7.45. The molecule has 0 aliphatic carbocycles. The summed E-state index contributed by atoms with van der Waals surface area (Å²) in [5.74, 6) is -0.504. The zero-order valence-electron chi connectivity index (χ0n) is 18.0. The van der Waals surface area contributed by atoms with Crippen LogP contribution in [0.5, 0.6) is 0 Å². The number of aromatic nitrogens is 2. The van der Waals surface area contributed by atoms with Crippen molar-refractivity contribution in [3.63, 3.8) is 0 Å². The molecule has 1 saturated heterocycles. The Kier molecular flexibility index (Phi) is 4.84. The maximum atomic E-state index is 13.6. The van der Waals surface area contributed by atoms with E-state index in [1.165, 1.54) is 0 Å². The molecule has 0 unspecified atom stereocenters. The van der Waals surface area contributed by atoms with Crippen molar-refractivity contribution < 1.29 is 14.3 Å². The van der Waals surface area contributed by atoms with Crippen molar-refractivity contribution >= 4 is 29.3 Å². The second-order valence-corrected chi connectivity index (χ2v) is 9.75. The van der Waals surface area contributed by atoms with Crippen LogP contribution in [0, 0.1) is 0 Å². The molecule has 1 aromatic heterocycles. The van der Waals surface area contributed by atoms with Gasteiger partial charge in [-0.2, -0.15) is 0 Å². The number of amides is 2. The van der Waals surface area contributed by atoms with Gasteiger partial charge in [0.25, 0.3) is 0 Å². The predicted molar refractivity (Wildman–Crippen MR) is 115 cm³/mol. The minimum atomic E-state index is -0.847. The normalized spacial score (nSPS) is 17.5. The largest absolute Gasteiger partial charge is 0.455 e. The molecule has 7 nitrogen and oxygen atoms in total. The van der Waals surface area contributed by atoms with Gasteiger partial charge in [0.05, 0.1) is 22.6 Å². The average molecular weight is 431 g/mol. The lowest BCUT2D eigenvalue weighted by Crippen LogP contribution is -2.54. The molecule has 2 aliphatic heterocycles. The fourth-order valence-corrected chi connectivity index (χ4v) is 4.44. The number of hydrogen-bond acceptors (Lipinski definition) is 4. The Balaban J connectivity index is 1.89. The number of benzene rings is 1. The van der Waals surface area contributed by atoms with Crippen LogP contribution in [0.3, 0.4) is 0 Å². The molecule has 8 heteroatoms. The van der Waals surface area contributed by atoms with Gasteiger partial charge in [0, 0.05) is 18.1 Å². The summed E-state index contributed by atoms with van der Waals surface area (Å²) in [6, 6.07) is 5.32. The lowest BCUT2D eigenvalue weighted by Gasteiger charge is -2.45. The van der Waals surface area contributed by atoms with Gasteiger partial charge in [0.2, 0.25) is 0 Å². The molecule has 2 aromatic rings. The summed E-state index contributed by atoms with van der Waals surface area (Å²) in [4.78, 5) is 34.5. The Morgan fingerprint density at radius 3 is 2.43 bits per heavy atom. The van der Waals surface area contributed by atoms with E-state index in [0.29, 0.717) is 16.4 Å². The van der Waals surface area contributed by atoms with E-state index in [2.05, 4.69) is 4.98 Å². The molecule has 30 heavy (non-hydrogen) atoms. The number of rotatable bonds is 1. The van der Waals surface area contributed by atoms with Crippen LogP contribution >= 0.6 is 11.6 Å². The Morgan fingerprint density at radius 1 is 1.13 bits per heavy atom. The van der Waals surface area contributed by atoms with E-state index in [1.807, 2.05) is 50.2 Å². The van der Waals surface area contributed by atoms with E-state index < -0.39 is 17.1 Å². The molecule has 2 amide bonds. The summed E-state index contributed by atoms with van der Waals surface area (Å²) in [7, 11) is 0. The second-order valence-electron chi connectivity index (χ2n) is 9.32. The number of halogens is 1. The molecule has 2 aliphatic rings. The number of ether oxygens (including phenoxy) is 1. The summed E-state index contributed by atoms with van der Waals surface area (Å²) >= 11 is 6.30. The Bertz CT molecular complexity index is 1020. The van der Waals surface area contributed by atoms with Crippen LogP contribution in [-0.4, -0.2) is 45.1 Å². The van der Waals surface area contributed by atoms with Gasteiger partial charge in [-0.1, -0.05) is 11.6 Å². The third kappa shape index (κ3) is 3.35. The number of hydrogen-bond donors (Lipinski definition) is 0. The van der Waals surface area contributed by atoms with Gasteiger partial charge in [-0.05, 0) is 65.7 Å². The molecule has 0 radical (unpaired) electrons. The number of likely N-dealkylation sites (tertiary alicyclic amines) is 1. The first-order valence-electron chi connectivity index (χ1n) is 10.2. The first-order valence-corrected chi connectivity index (χ1v) is 10.6. The number of nitrogens with zero attached hydrogens (tertiary/aromatic N) is 4. The van der Waals surface area contributed by atoms with Gasteiger partial charge in [0.15, 0.2) is 5.69 Å². The standard InChI is InChI=1S/C22H27ClN4O3/c1-21(2,3)30-19(28)17-18-22(4,5)27(20(29)25-10-6-7-11-25)16-12-14(23)8-9-15(16)26(18)13-24-17/h8-9,12-13H,6-7,10-11H2,1-5H3. The highest BCUT2D eigenvalue weighted by molar-refractivity contribution is 6.31. The summed E-state index contributed by atoms with van der Waals surface area (Å²) in [5, 5.41) is 0.541. The van der Waals surface area contributed by atoms with Gasteiger partial charge in [-0.3, -0.25) is 9.47 Å². The monoisotopic (exact) mass is 430 g/mol. The molecule has 4 rings (SSSR count). The van der Waals surface area contributed by atoms with E-state index in [1.54, 1.807) is 23.4 Å². The Hall–Kier alpha value is -2.54. The lowest BCUT2D eigenvalue weighted by atomic mass is 9.92. The van der Waals surface area contributed by atoms with Gasteiger partial charge in [0.1, 0.15) is 11.9 Å². The van der Waals surface area contributed by atoms with E-state index >= 15 is 0 Å². The Labute approximate surface area is 181 Å². The minimum absolute atomic E-state index is 0.0939. The Morgan fingerprint density at radius 2 is 1.80 bits per heavy atom. The van der Waals surface area contributed by atoms with E-state index in [0.717, 1.165) is 31.6 Å². The number of urea groups is 1. The SMILES string of the molecule is CC(C)(C)OC(=O)c1ncn2c1C(C)(C)N(C(=O)N1CCCC1)c1cc(Cl)ccc1-2. The molecule has 1 fully saturated rings. The molecule has 0 N–H and O–H groups in total. The van der Waals surface area contributed by atoms with Crippen molar-refractivity contribution in [2.24, 2.45) is 0 Å². The number of esters is 1. The zero-order valence-corrected chi connectivity index (χ0v) is 18.8. The number of anilines is 1. The van der Waals surface area contributed by atoms with Crippen LogP contribution < -0.4 is 4.90 Å². The molecule has 0 saturated carbocycles. The second kappa shape index (κ2) is 7.01. The van der Waals surface area contributed by atoms with Crippen LogP contribution in [0.4, 0.5) is 10.5 Å². The number of imidazole rings is 1. The maximum absolute atomic E-state index is 13.6. The van der Waals surface area contributed by atoms with Gasteiger partial charge < -0.3 is 9.64 Å². The van der Waals surface area contributed by atoms with Crippen LogP contribution in [-0.2, 0) is 10.3 Å². The molecule has 160 valence electrons. The van der Waals surface area contributed by atoms with Crippen molar-refractivity contribution in [1.29, 1.82) is 0 Å². The fraction of sp³-hybridized carbons (Fsp3) is 0.500. The fourth-order valence-electron chi connectivity index (χ4n) is 4.27. The molecular formula is C22H27ClN4O3. The molecular weight excluding hydrogens is 404 g/mol. The minimum Gasteiger partial charge on any atom is -0.455 e. The third-order valence-electron chi connectivity index (χ3n) is 5.50. The average Bonchev–Trinajstić information content (AvgIpc) is 3.30. The van der Waals surface area contributed by atoms with E-state index in [4.69, 9.17) is 16.3 Å². The lowest BCUT2D eigenvalue weighted by molar-refractivity contribution is 0.00601. The third-order valence-corrected chi connectivity index (χ3v) is 5.74. The van der Waals surface area contributed by atoms with Gasteiger partial charge in [-0.25, -0.2) is 14.6 Å². The highest BCUT2D eigenvalue weighted by Crippen LogP contribution is 2.45. The van der Waals surface area contributed by atoms with Gasteiger partial charge >= 0.3 is 12.0 Å². The van der Waals surface area contributed by atoms with Crippen molar-refractivity contribution in [2.75, 3.05) is 18.0 Å². The smallest absolute Gasteiger partial charge is 0.359 e. The van der Waals surface area contributed by atoms with Crippen molar-refractivity contribution in [1.82, 2.24) is 14.5 Å². The molecule has 0 bridgehead atoms. The maximum Gasteiger partial charge on any atom is 0.359 e. The van der Waals surface area contributed by atoms with Gasteiger partial charge in [-0.15, -0.1) is 0 Å². The summed E-state index contributed by atoms with van der Waals surface area (Å²) in [6.45, 7) is 10.7.